The van der Waals surface area contributed by atoms with Gasteiger partial charge in [0.15, 0.2) is 0 Å². The molecule has 1 N–H and O–H groups in total. The quantitative estimate of drug-likeness (QED) is 0.717. The summed E-state index contributed by atoms with van der Waals surface area (Å²) in [5.41, 5.74) is -0.631. The molecule has 0 radical (unpaired) electrons. The Hall–Kier alpha value is -0.570. The number of hydrogen-bond acceptors (Lipinski definition) is 3. The summed E-state index contributed by atoms with van der Waals surface area (Å²) in [6.45, 7) is 8.19. The maximum Gasteiger partial charge on any atom is 0.308 e. The Balaban J connectivity index is 2.46. The van der Waals surface area contributed by atoms with Crippen molar-refractivity contribution in [3.8, 4) is 0 Å². The third-order valence-corrected chi connectivity index (χ3v) is 2.71. The van der Waals surface area contributed by atoms with Crippen molar-refractivity contribution in [2.24, 2.45) is 5.41 Å². The molecule has 1 heterocycles. The fraction of sp³-hybridized carbons (Fsp3) is 0.917. The molecule has 15 heavy (non-hydrogen) atoms. The molecule has 1 fully saturated rings. The summed E-state index contributed by atoms with van der Waals surface area (Å²) in [7, 11) is 0. The number of esters is 1. The molecule has 3 heteroatoms. The minimum atomic E-state index is -0.877. The number of ether oxygens (including phenoxy) is 1. The number of hydrogen-bond donors (Lipinski definition) is 1. The van der Waals surface area contributed by atoms with Gasteiger partial charge in [0.05, 0.1) is 12.0 Å². The van der Waals surface area contributed by atoms with Crippen molar-refractivity contribution < 1.29 is 14.6 Å². The van der Waals surface area contributed by atoms with Crippen molar-refractivity contribution in [3.05, 3.63) is 0 Å². The fourth-order valence-electron chi connectivity index (χ4n) is 1.90. The number of rotatable bonds is 2. The van der Waals surface area contributed by atoms with Crippen molar-refractivity contribution >= 4 is 5.97 Å². The van der Waals surface area contributed by atoms with Gasteiger partial charge in [-0.3, -0.25) is 4.79 Å². The van der Waals surface area contributed by atoms with Crippen molar-refractivity contribution in [2.45, 2.75) is 65.1 Å². The normalized spacial score (nSPS) is 32.6. The largest absolute Gasteiger partial charge is 0.462 e. The Kier molecular flexibility index (Phi) is 3.44. The van der Waals surface area contributed by atoms with Crippen molar-refractivity contribution in [3.63, 3.8) is 0 Å². The highest BCUT2D eigenvalue weighted by Gasteiger charge is 2.36. The van der Waals surface area contributed by atoms with E-state index < -0.39 is 5.60 Å². The predicted octanol–water partition coefficient (Wildman–Crippen LogP) is 2.27. The molecule has 0 spiro atoms. The minimum Gasteiger partial charge on any atom is -0.462 e. The molecule has 0 aliphatic carbocycles. The first-order valence-corrected chi connectivity index (χ1v) is 5.60. The molecule has 1 rings (SSSR count). The Bertz CT molecular complexity index is 238. The van der Waals surface area contributed by atoms with E-state index >= 15 is 0 Å². The van der Waals surface area contributed by atoms with Crippen molar-refractivity contribution in [1.29, 1.82) is 0 Å². The summed E-state index contributed by atoms with van der Waals surface area (Å²) in [6, 6.07) is 0. The lowest BCUT2D eigenvalue weighted by molar-refractivity contribution is -0.169. The molecule has 1 aliphatic rings. The summed E-state index contributed by atoms with van der Waals surface area (Å²) in [4.78, 5) is 11.2. The van der Waals surface area contributed by atoms with Crippen LogP contribution in [0.1, 0.15) is 53.4 Å². The van der Waals surface area contributed by atoms with E-state index in [1.807, 2.05) is 0 Å². The van der Waals surface area contributed by atoms with E-state index in [1.165, 1.54) is 0 Å². The predicted molar refractivity (Wildman–Crippen MR) is 58.4 cm³/mol. The highest BCUT2D eigenvalue weighted by Crippen LogP contribution is 2.30. The standard InChI is InChI=1S/C12H22O3/c1-11(2,3)6-5-9-7-12(4,14)8-10(13)15-9/h9,14H,5-8H2,1-4H3. The van der Waals surface area contributed by atoms with E-state index in [-0.39, 0.29) is 23.9 Å². The van der Waals surface area contributed by atoms with Crippen LogP contribution in [-0.4, -0.2) is 22.8 Å². The molecule has 2 unspecified atom stereocenters. The molecule has 1 saturated heterocycles. The number of aliphatic hydroxyl groups is 1. The summed E-state index contributed by atoms with van der Waals surface area (Å²) in [5, 5.41) is 9.84. The first kappa shape index (κ1) is 12.5. The van der Waals surface area contributed by atoms with Gasteiger partial charge in [-0.2, -0.15) is 0 Å². The van der Waals surface area contributed by atoms with Crippen LogP contribution in [0.2, 0.25) is 0 Å². The number of cyclic esters (lactones) is 1. The average Bonchev–Trinajstić information content (AvgIpc) is 1.95. The number of carbonyl (C=O) groups is 1. The molecule has 0 saturated carbocycles. The fourth-order valence-corrected chi connectivity index (χ4v) is 1.90. The molecule has 0 aromatic carbocycles. The monoisotopic (exact) mass is 214 g/mol. The summed E-state index contributed by atoms with van der Waals surface area (Å²) in [5.74, 6) is -0.273. The third-order valence-electron chi connectivity index (χ3n) is 2.71. The van der Waals surface area contributed by atoms with Crippen molar-refractivity contribution in [2.75, 3.05) is 0 Å². The van der Waals surface area contributed by atoms with Crippen LogP contribution in [0.5, 0.6) is 0 Å². The van der Waals surface area contributed by atoms with Gasteiger partial charge in [-0.25, -0.2) is 0 Å². The van der Waals surface area contributed by atoms with E-state index in [1.54, 1.807) is 6.92 Å². The lowest BCUT2D eigenvalue weighted by Crippen LogP contribution is -2.41. The zero-order chi connectivity index (χ0) is 11.7. The lowest BCUT2D eigenvalue weighted by Gasteiger charge is -2.34. The van der Waals surface area contributed by atoms with Crippen LogP contribution in [0.3, 0.4) is 0 Å². The second kappa shape index (κ2) is 4.12. The molecule has 0 aromatic rings. The summed E-state index contributed by atoms with van der Waals surface area (Å²) in [6.07, 6.45) is 2.42. The average molecular weight is 214 g/mol. The molecule has 0 bridgehead atoms. The van der Waals surface area contributed by atoms with E-state index in [4.69, 9.17) is 4.74 Å². The Morgan fingerprint density at radius 1 is 1.53 bits per heavy atom. The zero-order valence-corrected chi connectivity index (χ0v) is 10.2. The highest BCUT2D eigenvalue weighted by atomic mass is 16.5. The molecular formula is C12H22O3. The topological polar surface area (TPSA) is 46.5 Å². The number of carbonyl (C=O) groups excluding carboxylic acids is 1. The Labute approximate surface area is 91.8 Å². The van der Waals surface area contributed by atoms with Crippen LogP contribution in [0.4, 0.5) is 0 Å². The van der Waals surface area contributed by atoms with Gasteiger partial charge >= 0.3 is 5.97 Å². The molecule has 0 amide bonds. The minimum absolute atomic E-state index is 0.111. The van der Waals surface area contributed by atoms with Gasteiger partial charge in [0.1, 0.15) is 6.10 Å². The van der Waals surface area contributed by atoms with Crippen LogP contribution in [0, 0.1) is 5.41 Å². The first-order chi connectivity index (χ1) is 6.68. The van der Waals surface area contributed by atoms with Crippen LogP contribution in [0.15, 0.2) is 0 Å². The Morgan fingerprint density at radius 2 is 2.13 bits per heavy atom. The van der Waals surface area contributed by atoms with Gasteiger partial charge in [-0.15, -0.1) is 0 Å². The van der Waals surface area contributed by atoms with Crippen molar-refractivity contribution in [1.82, 2.24) is 0 Å². The summed E-state index contributed by atoms with van der Waals surface area (Å²) < 4.78 is 5.22. The molecule has 0 aromatic heterocycles. The Morgan fingerprint density at radius 3 is 2.60 bits per heavy atom. The highest BCUT2D eigenvalue weighted by molar-refractivity contribution is 5.71. The van der Waals surface area contributed by atoms with Gasteiger partial charge in [0.2, 0.25) is 0 Å². The maximum absolute atomic E-state index is 11.2. The van der Waals surface area contributed by atoms with Gasteiger partial charge in [0.25, 0.3) is 0 Å². The molecule has 88 valence electrons. The second-order valence-corrected chi connectivity index (χ2v) is 6.09. The van der Waals surface area contributed by atoms with Crippen LogP contribution in [-0.2, 0) is 9.53 Å². The summed E-state index contributed by atoms with van der Waals surface area (Å²) >= 11 is 0. The smallest absolute Gasteiger partial charge is 0.308 e. The van der Waals surface area contributed by atoms with Gasteiger partial charge in [0, 0.05) is 6.42 Å². The second-order valence-electron chi connectivity index (χ2n) is 6.09. The van der Waals surface area contributed by atoms with E-state index in [0.29, 0.717) is 6.42 Å². The lowest BCUT2D eigenvalue weighted by atomic mass is 9.85. The SMILES string of the molecule is CC(C)(C)CCC1CC(C)(O)CC(=O)O1. The molecule has 3 nitrogen and oxygen atoms in total. The molecule has 2 atom stereocenters. The molecular weight excluding hydrogens is 192 g/mol. The first-order valence-electron chi connectivity index (χ1n) is 5.60. The van der Waals surface area contributed by atoms with Gasteiger partial charge in [-0.1, -0.05) is 20.8 Å². The van der Waals surface area contributed by atoms with E-state index in [9.17, 15) is 9.90 Å². The third kappa shape index (κ3) is 4.65. The zero-order valence-electron chi connectivity index (χ0n) is 10.2. The van der Waals surface area contributed by atoms with Gasteiger partial charge in [-0.05, 0) is 25.2 Å². The van der Waals surface area contributed by atoms with Crippen LogP contribution in [0.25, 0.3) is 0 Å². The van der Waals surface area contributed by atoms with E-state index in [2.05, 4.69) is 20.8 Å². The van der Waals surface area contributed by atoms with Gasteiger partial charge < -0.3 is 9.84 Å². The van der Waals surface area contributed by atoms with Crippen LogP contribution < -0.4 is 0 Å². The van der Waals surface area contributed by atoms with E-state index in [0.717, 1.165) is 12.8 Å². The molecule has 1 aliphatic heterocycles. The van der Waals surface area contributed by atoms with Crippen LogP contribution >= 0.6 is 0 Å². The maximum atomic E-state index is 11.2.